The van der Waals surface area contributed by atoms with Crippen LogP contribution in [-0.2, 0) is 9.84 Å². The van der Waals surface area contributed by atoms with E-state index in [0.29, 0.717) is 6.42 Å². The van der Waals surface area contributed by atoms with Gasteiger partial charge in [-0.15, -0.1) is 0 Å². The van der Waals surface area contributed by atoms with Gasteiger partial charge in [-0.1, -0.05) is 12.1 Å². The molecule has 1 atom stereocenters. The molecule has 0 aliphatic carbocycles. The molecule has 1 aromatic carbocycles. The minimum atomic E-state index is -3.11. The fourth-order valence-corrected chi connectivity index (χ4v) is 4.29. The number of pyridine rings is 1. The van der Waals surface area contributed by atoms with E-state index >= 15 is 0 Å². The summed E-state index contributed by atoms with van der Waals surface area (Å²) in [7, 11) is -3.11. The smallest absolute Gasteiger partial charge is 0.274 e. The number of hydrogen-bond donors (Lipinski definition) is 2. The Morgan fingerprint density at radius 3 is 2.42 bits per heavy atom. The van der Waals surface area contributed by atoms with Gasteiger partial charge < -0.3 is 10.6 Å². The van der Waals surface area contributed by atoms with Gasteiger partial charge in [0.15, 0.2) is 9.84 Å². The SMILES string of the molecule is O=C(Nc1cccc(F)c1)c1cccc(C(=O)NC2CCS(=O)(=O)C2)n1. The van der Waals surface area contributed by atoms with Gasteiger partial charge in [0.25, 0.3) is 11.8 Å². The molecule has 0 radical (unpaired) electrons. The summed E-state index contributed by atoms with van der Waals surface area (Å²) in [6, 6.07) is 9.28. The van der Waals surface area contributed by atoms with Crippen molar-refractivity contribution in [1.82, 2.24) is 10.3 Å². The number of aromatic nitrogens is 1. The topological polar surface area (TPSA) is 105 Å². The Bertz CT molecular complexity index is 962. The van der Waals surface area contributed by atoms with E-state index in [1.807, 2.05) is 0 Å². The number of nitrogens with one attached hydrogen (secondary N) is 2. The molecule has 2 aromatic rings. The summed E-state index contributed by atoms with van der Waals surface area (Å²) in [5.41, 5.74) is 0.255. The molecule has 1 aliphatic rings. The van der Waals surface area contributed by atoms with E-state index in [2.05, 4.69) is 15.6 Å². The summed E-state index contributed by atoms with van der Waals surface area (Å²) in [5, 5.41) is 5.11. The highest BCUT2D eigenvalue weighted by Gasteiger charge is 2.29. The van der Waals surface area contributed by atoms with E-state index < -0.39 is 33.5 Å². The molecule has 1 saturated heterocycles. The van der Waals surface area contributed by atoms with Crippen LogP contribution in [0.2, 0.25) is 0 Å². The van der Waals surface area contributed by atoms with Gasteiger partial charge in [0.1, 0.15) is 17.2 Å². The molecule has 1 aromatic heterocycles. The molecule has 0 bridgehead atoms. The Morgan fingerprint density at radius 2 is 1.77 bits per heavy atom. The third-order valence-electron chi connectivity index (χ3n) is 3.86. The molecular formula is C17H16FN3O4S. The van der Waals surface area contributed by atoms with Gasteiger partial charge >= 0.3 is 0 Å². The van der Waals surface area contributed by atoms with Crippen molar-refractivity contribution in [2.24, 2.45) is 0 Å². The van der Waals surface area contributed by atoms with E-state index in [9.17, 15) is 22.4 Å². The molecule has 1 aliphatic heterocycles. The van der Waals surface area contributed by atoms with Gasteiger partial charge in [0, 0.05) is 11.7 Å². The number of carbonyl (C=O) groups excluding carboxylic acids is 2. The van der Waals surface area contributed by atoms with Gasteiger partial charge in [0.05, 0.1) is 11.5 Å². The van der Waals surface area contributed by atoms with Crippen molar-refractivity contribution in [3.05, 3.63) is 59.7 Å². The number of nitrogens with zero attached hydrogens (tertiary/aromatic N) is 1. The quantitative estimate of drug-likeness (QED) is 0.838. The molecule has 3 rings (SSSR count). The monoisotopic (exact) mass is 377 g/mol. The predicted octanol–water partition coefficient (Wildman–Crippen LogP) is 1.39. The first-order valence-electron chi connectivity index (χ1n) is 7.88. The van der Waals surface area contributed by atoms with Crippen LogP contribution >= 0.6 is 0 Å². The molecule has 9 heteroatoms. The zero-order valence-electron chi connectivity index (χ0n) is 13.6. The van der Waals surface area contributed by atoms with Gasteiger partial charge in [-0.3, -0.25) is 9.59 Å². The number of rotatable bonds is 4. The average Bonchev–Trinajstić information content (AvgIpc) is 2.93. The second kappa shape index (κ2) is 7.20. The normalized spacial score (nSPS) is 18.3. The lowest BCUT2D eigenvalue weighted by molar-refractivity contribution is 0.0936. The van der Waals surface area contributed by atoms with E-state index in [-0.39, 0.29) is 28.6 Å². The number of amides is 2. The van der Waals surface area contributed by atoms with E-state index in [0.717, 1.165) is 6.07 Å². The third kappa shape index (κ3) is 4.42. The zero-order chi connectivity index (χ0) is 18.7. The van der Waals surface area contributed by atoms with Crippen LogP contribution in [-0.4, -0.2) is 42.8 Å². The average molecular weight is 377 g/mol. The summed E-state index contributed by atoms with van der Waals surface area (Å²) >= 11 is 0. The van der Waals surface area contributed by atoms with Crippen LogP contribution < -0.4 is 10.6 Å². The molecule has 1 unspecified atom stereocenters. The lowest BCUT2D eigenvalue weighted by Crippen LogP contribution is -2.36. The molecule has 1 fully saturated rings. The second-order valence-corrected chi connectivity index (χ2v) is 8.17. The highest BCUT2D eigenvalue weighted by atomic mass is 32.2. The van der Waals surface area contributed by atoms with Crippen molar-refractivity contribution >= 4 is 27.3 Å². The van der Waals surface area contributed by atoms with Gasteiger partial charge in [-0.25, -0.2) is 17.8 Å². The van der Waals surface area contributed by atoms with Crippen LogP contribution in [0.3, 0.4) is 0 Å². The number of hydrogen-bond acceptors (Lipinski definition) is 5. The Morgan fingerprint density at radius 1 is 1.08 bits per heavy atom. The highest BCUT2D eigenvalue weighted by molar-refractivity contribution is 7.91. The minimum absolute atomic E-state index is 0.00110. The lowest BCUT2D eigenvalue weighted by atomic mass is 10.2. The van der Waals surface area contributed by atoms with E-state index in [1.165, 1.54) is 36.4 Å². The third-order valence-corrected chi connectivity index (χ3v) is 5.63. The van der Waals surface area contributed by atoms with Crippen LogP contribution in [0, 0.1) is 5.82 Å². The first-order chi connectivity index (χ1) is 12.3. The van der Waals surface area contributed by atoms with Crippen molar-refractivity contribution in [3.63, 3.8) is 0 Å². The molecule has 26 heavy (non-hydrogen) atoms. The van der Waals surface area contributed by atoms with Gasteiger partial charge in [0.2, 0.25) is 0 Å². The Hall–Kier alpha value is -2.81. The van der Waals surface area contributed by atoms with Crippen molar-refractivity contribution in [3.8, 4) is 0 Å². The summed E-state index contributed by atoms with van der Waals surface area (Å²) < 4.78 is 36.1. The number of anilines is 1. The van der Waals surface area contributed by atoms with Gasteiger partial charge in [-0.2, -0.15) is 0 Å². The molecule has 2 N–H and O–H groups in total. The summed E-state index contributed by atoms with van der Waals surface area (Å²) in [5.74, 6) is -1.68. The van der Waals surface area contributed by atoms with Crippen LogP contribution in [0.5, 0.6) is 0 Å². The maximum Gasteiger partial charge on any atom is 0.274 e. The highest BCUT2D eigenvalue weighted by Crippen LogP contribution is 2.13. The van der Waals surface area contributed by atoms with Crippen LogP contribution in [0.1, 0.15) is 27.4 Å². The summed E-state index contributed by atoms with van der Waals surface area (Å²) in [6.07, 6.45) is 0.355. The maximum absolute atomic E-state index is 13.2. The molecule has 2 amide bonds. The standard InChI is InChI=1S/C17H16FN3O4S/c18-11-3-1-4-12(9-11)19-16(22)14-5-2-6-15(21-14)17(23)20-13-7-8-26(24,25)10-13/h1-6,9,13H,7-8,10H2,(H,19,22)(H,20,23). The summed E-state index contributed by atoms with van der Waals surface area (Å²) in [6.45, 7) is 0. The van der Waals surface area contributed by atoms with Crippen LogP contribution in [0.15, 0.2) is 42.5 Å². The Kier molecular flexibility index (Phi) is 4.99. The Balaban J connectivity index is 1.69. The number of halogens is 1. The minimum Gasteiger partial charge on any atom is -0.347 e. The number of carbonyl (C=O) groups is 2. The van der Waals surface area contributed by atoms with Gasteiger partial charge in [-0.05, 0) is 36.8 Å². The predicted molar refractivity (Wildman–Crippen MR) is 93.1 cm³/mol. The Labute approximate surface area is 149 Å². The fraction of sp³-hybridized carbons (Fsp3) is 0.235. The van der Waals surface area contributed by atoms with Crippen molar-refractivity contribution in [2.45, 2.75) is 12.5 Å². The molecule has 0 spiro atoms. The summed E-state index contributed by atoms with van der Waals surface area (Å²) in [4.78, 5) is 28.5. The molecule has 0 saturated carbocycles. The second-order valence-electron chi connectivity index (χ2n) is 5.95. The first kappa shape index (κ1) is 18.0. The zero-order valence-corrected chi connectivity index (χ0v) is 14.4. The molecule has 2 heterocycles. The fourth-order valence-electron chi connectivity index (χ4n) is 2.62. The molecule has 7 nitrogen and oxygen atoms in total. The van der Waals surface area contributed by atoms with Crippen LogP contribution in [0.25, 0.3) is 0 Å². The first-order valence-corrected chi connectivity index (χ1v) is 9.70. The largest absolute Gasteiger partial charge is 0.347 e. The maximum atomic E-state index is 13.2. The van der Waals surface area contributed by atoms with Crippen molar-refractivity contribution in [2.75, 3.05) is 16.8 Å². The van der Waals surface area contributed by atoms with E-state index in [4.69, 9.17) is 0 Å². The lowest BCUT2D eigenvalue weighted by Gasteiger charge is -2.11. The van der Waals surface area contributed by atoms with Crippen LogP contribution in [0.4, 0.5) is 10.1 Å². The number of sulfone groups is 1. The molecular weight excluding hydrogens is 361 g/mol. The van der Waals surface area contributed by atoms with E-state index in [1.54, 1.807) is 0 Å². The molecule has 136 valence electrons. The number of benzene rings is 1. The van der Waals surface area contributed by atoms with Crippen molar-refractivity contribution < 1.29 is 22.4 Å². The van der Waals surface area contributed by atoms with Crippen molar-refractivity contribution in [1.29, 1.82) is 0 Å².